The lowest BCUT2D eigenvalue weighted by Crippen LogP contribution is -2.51. The van der Waals surface area contributed by atoms with Gasteiger partial charge in [-0.15, -0.1) is 11.3 Å². The quantitative estimate of drug-likeness (QED) is 0.790. The van der Waals surface area contributed by atoms with E-state index in [0.29, 0.717) is 23.9 Å². The molecular weight excluding hydrogens is 410 g/mol. The molecule has 0 bridgehead atoms. The van der Waals surface area contributed by atoms with Gasteiger partial charge in [0, 0.05) is 56.3 Å². The standard InChI is InChI=1S/C23H31N5O2S/c1-16-4-5-19(14-17(16)2)24-23-25-20(15-31-23)22(30)27-8-6-18(7-9-27)21(29)28-12-10-26(3)11-13-28/h4-5,14-15,18H,6-13H2,1-3H3,(H,24,25). The maximum atomic E-state index is 12.9. The average molecular weight is 442 g/mol. The molecule has 0 radical (unpaired) electrons. The number of piperazine rings is 1. The van der Waals surface area contributed by atoms with Crippen LogP contribution in [0.5, 0.6) is 0 Å². The maximum Gasteiger partial charge on any atom is 0.273 e. The molecule has 7 nitrogen and oxygen atoms in total. The molecule has 0 spiro atoms. The van der Waals surface area contributed by atoms with Crippen LogP contribution >= 0.6 is 11.3 Å². The van der Waals surface area contributed by atoms with Crippen LogP contribution in [0.3, 0.4) is 0 Å². The van der Waals surface area contributed by atoms with E-state index >= 15 is 0 Å². The molecule has 8 heteroatoms. The number of anilines is 2. The van der Waals surface area contributed by atoms with Crippen molar-refractivity contribution in [2.45, 2.75) is 26.7 Å². The summed E-state index contributed by atoms with van der Waals surface area (Å²) in [6, 6.07) is 6.18. The summed E-state index contributed by atoms with van der Waals surface area (Å²) in [6.45, 7) is 8.88. The molecule has 31 heavy (non-hydrogen) atoms. The Morgan fingerprint density at radius 1 is 1.00 bits per heavy atom. The molecule has 1 aromatic carbocycles. The van der Waals surface area contributed by atoms with E-state index in [-0.39, 0.29) is 17.7 Å². The lowest BCUT2D eigenvalue weighted by atomic mass is 9.94. The first kappa shape index (κ1) is 21.8. The van der Waals surface area contributed by atoms with Gasteiger partial charge in [-0.2, -0.15) is 0 Å². The third kappa shape index (κ3) is 5.07. The largest absolute Gasteiger partial charge is 0.340 e. The van der Waals surface area contributed by atoms with Crippen molar-refractivity contribution in [3.63, 3.8) is 0 Å². The minimum Gasteiger partial charge on any atom is -0.340 e. The summed E-state index contributed by atoms with van der Waals surface area (Å²) in [5.74, 6) is 0.244. The molecule has 0 unspecified atom stereocenters. The summed E-state index contributed by atoms with van der Waals surface area (Å²) in [5, 5.41) is 5.82. The molecular formula is C23H31N5O2S. The van der Waals surface area contributed by atoms with Crippen LogP contribution in [0.4, 0.5) is 10.8 Å². The van der Waals surface area contributed by atoms with E-state index in [0.717, 1.165) is 44.7 Å². The third-order valence-electron chi connectivity index (χ3n) is 6.43. The summed E-state index contributed by atoms with van der Waals surface area (Å²) < 4.78 is 0. The molecule has 2 aromatic rings. The van der Waals surface area contributed by atoms with Gasteiger partial charge in [0.1, 0.15) is 5.69 Å². The molecule has 2 aliphatic heterocycles. The molecule has 166 valence electrons. The highest BCUT2D eigenvalue weighted by molar-refractivity contribution is 7.14. The number of carbonyl (C=O) groups excluding carboxylic acids is 2. The predicted octanol–water partition coefficient (Wildman–Crippen LogP) is 3.13. The Kier molecular flexibility index (Phi) is 6.57. The van der Waals surface area contributed by atoms with E-state index in [1.54, 1.807) is 0 Å². The Bertz CT molecular complexity index is 943. The van der Waals surface area contributed by atoms with Crippen molar-refractivity contribution in [1.29, 1.82) is 0 Å². The summed E-state index contributed by atoms with van der Waals surface area (Å²) in [6.07, 6.45) is 1.46. The van der Waals surface area contributed by atoms with Crippen LogP contribution in [0.25, 0.3) is 0 Å². The van der Waals surface area contributed by atoms with Crippen LogP contribution in [0.2, 0.25) is 0 Å². The molecule has 0 atom stereocenters. The molecule has 3 heterocycles. The molecule has 4 rings (SSSR count). The predicted molar refractivity (Wildman–Crippen MR) is 124 cm³/mol. The molecule has 1 aromatic heterocycles. The highest BCUT2D eigenvalue weighted by Gasteiger charge is 2.32. The zero-order valence-electron chi connectivity index (χ0n) is 18.6. The van der Waals surface area contributed by atoms with E-state index in [1.165, 1.54) is 22.5 Å². The van der Waals surface area contributed by atoms with Gasteiger partial charge in [-0.25, -0.2) is 4.98 Å². The topological polar surface area (TPSA) is 68.8 Å². The SMILES string of the molecule is Cc1ccc(Nc2nc(C(=O)N3CCC(C(=O)N4CCN(C)CC4)CC3)cs2)cc1C. The van der Waals surface area contributed by atoms with E-state index in [9.17, 15) is 9.59 Å². The molecule has 2 saturated heterocycles. The van der Waals surface area contributed by atoms with Crippen molar-refractivity contribution in [3.05, 3.63) is 40.4 Å². The molecule has 0 aliphatic carbocycles. The van der Waals surface area contributed by atoms with Crippen LogP contribution in [-0.2, 0) is 4.79 Å². The second-order valence-corrected chi connectivity index (χ2v) is 9.52. The Labute approximate surface area is 188 Å². The zero-order chi connectivity index (χ0) is 22.0. The van der Waals surface area contributed by atoms with Crippen molar-refractivity contribution >= 4 is 34.0 Å². The van der Waals surface area contributed by atoms with Gasteiger partial charge in [0.05, 0.1) is 0 Å². The molecule has 0 saturated carbocycles. The van der Waals surface area contributed by atoms with Crippen LogP contribution < -0.4 is 5.32 Å². The normalized spacial score (nSPS) is 18.3. The van der Waals surface area contributed by atoms with Gasteiger partial charge in [0.2, 0.25) is 5.91 Å². The minimum atomic E-state index is -0.0464. The summed E-state index contributed by atoms with van der Waals surface area (Å²) in [7, 11) is 2.09. The molecule has 2 aliphatic rings. The Hall–Kier alpha value is -2.45. The fourth-order valence-electron chi connectivity index (χ4n) is 4.15. The van der Waals surface area contributed by atoms with E-state index in [1.807, 2.05) is 21.2 Å². The van der Waals surface area contributed by atoms with Gasteiger partial charge in [-0.05, 0) is 57.0 Å². The first-order chi connectivity index (χ1) is 14.9. The second-order valence-electron chi connectivity index (χ2n) is 8.66. The molecule has 1 N–H and O–H groups in total. The van der Waals surface area contributed by atoms with Crippen molar-refractivity contribution in [3.8, 4) is 0 Å². The first-order valence-electron chi connectivity index (χ1n) is 11.0. The van der Waals surface area contributed by atoms with E-state index < -0.39 is 0 Å². The van der Waals surface area contributed by atoms with Crippen molar-refractivity contribution < 1.29 is 9.59 Å². The first-order valence-corrected chi connectivity index (χ1v) is 11.8. The number of nitrogens with one attached hydrogen (secondary N) is 1. The number of likely N-dealkylation sites (N-methyl/N-ethyl adjacent to an activating group) is 1. The number of thiazole rings is 1. The summed E-state index contributed by atoms with van der Waals surface area (Å²) in [5.41, 5.74) is 3.90. The van der Waals surface area contributed by atoms with Gasteiger partial charge in [-0.1, -0.05) is 6.07 Å². The van der Waals surface area contributed by atoms with Gasteiger partial charge >= 0.3 is 0 Å². The number of piperidine rings is 1. The number of carbonyl (C=O) groups is 2. The lowest BCUT2D eigenvalue weighted by molar-refractivity contribution is -0.138. The van der Waals surface area contributed by atoms with Crippen LogP contribution in [0, 0.1) is 19.8 Å². The van der Waals surface area contributed by atoms with Gasteiger partial charge < -0.3 is 20.0 Å². The number of likely N-dealkylation sites (tertiary alicyclic amines) is 1. The number of aromatic nitrogens is 1. The number of nitrogens with zero attached hydrogens (tertiary/aromatic N) is 4. The van der Waals surface area contributed by atoms with Crippen molar-refractivity contribution in [2.24, 2.45) is 5.92 Å². The van der Waals surface area contributed by atoms with Gasteiger partial charge in [0.25, 0.3) is 5.91 Å². The lowest BCUT2D eigenvalue weighted by Gasteiger charge is -2.37. The van der Waals surface area contributed by atoms with Gasteiger partial charge in [0.15, 0.2) is 5.13 Å². The third-order valence-corrected chi connectivity index (χ3v) is 7.19. The number of hydrogen-bond acceptors (Lipinski definition) is 6. The van der Waals surface area contributed by atoms with Crippen LogP contribution in [-0.4, -0.2) is 77.8 Å². The van der Waals surface area contributed by atoms with E-state index in [4.69, 9.17) is 0 Å². The Morgan fingerprint density at radius 3 is 2.39 bits per heavy atom. The average Bonchev–Trinajstić information content (AvgIpc) is 3.24. The fourth-order valence-corrected chi connectivity index (χ4v) is 4.85. The Balaban J connectivity index is 1.30. The number of amides is 2. The number of hydrogen-bond donors (Lipinski definition) is 1. The zero-order valence-corrected chi connectivity index (χ0v) is 19.4. The van der Waals surface area contributed by atoms with Crippen LogP contribution in [0.15, 0.2) is 23.6 Å². The number of rotatable bonds is 4. The Morgan fingerprint density at radius 2 is 1.71 bits per heavy atom. The maximum absolute atomic E-state index is 12.9. The van der Waals surface area contributed by atoms with E-state index in [2.05, 4.69) is 48.2 Å². The van der Waals surface area contributed by atoms with Gasteiger partial charge in [-0.3, -0.25) is 9.59 Å². The number of aryl methyl sites for hydroxylation is 2. The summed E-state index contributed by atoms with van der Waals surface area (Å²) >= 11 is 1.44. The van der Waals surface area contributed by atoms with Crippen molar-refractivity contribution in [2.75, 3.05) is 51.6 Å². The highest BCUT2D eigenvalue weighted by Crippen LogP contribution is 2.25. The second kappa shape index (κ2) is 9.36. The van der Waals surface area contributed by atoms with Crippen LogP contribution in [0.1, 0.15) is 34.5 Å². The minimum absolute atomic E-state index is 0.0323. The number of benzene rings is 1. The highest BCUT2D eigenvalue weighted by atomic mass is 32.1. The monoisotopic (exact) mass is 441 g/mol. The molecule has 2 amide bonds. The smallest absolute Gasteiger partial charge is 0.273 e. The van der Waals surface area contributed by atoms with Crippen molar-refractivity contribution in [1.82, 2.24) is 19.7 Å². The summed E-state index contributed by atoms with van der Waals surface area (Å²) in [4.78, 5) is 36.3. The fraction of sp³-hybridized carbons (Fsp3) is 0.522. The molecule has 2 fully saturated rings.